The summed E-state index contributed by atoms with van der Waals surface area (Å²) in [4.78, 5) is 2.19. The summed E-state index contributed by atoms with van der Waals surface area (Å²) in [5, 5.41) is 0. The van der Waals surface area contributed by atoms with Crippen LogP contribution in [0, 0.1) is 6.92 Å². The lowest BCUT2D eigenvalue weighted by Crippen LogP contribution is -2.31. The first-order valence-corrected chi connectivity index (χ1v) is 6.21. The number of hydrogen-bond acceptors (Lipinski definition) is 4. The summed E-state index contributed by atoms with van der Waals surface area (Å²) in [6, 6.07) is 4.37. The van der Waals surface area contributed by atoms with E-state index in [0.717, 1.165) is 29.2 Å². The van der Waals surface area contributed by atoms with Gasteiger partial charge in [0.2, 0.25) is 0 Å². The zero-order valence-corrected chi connectivity index (χ0v) is 12.0. The van der Waals surface area contributed by atoms with Gasteiger partial charge in [0.1, 0.15) is 11.5 Å². The molecule has 0 aliphatic heterocycles. The minimum Gasteiger partial charge on any atom is -0.496 e. The molecule has 1 atom stereocenters. The molecule has 0 fully saturated rings. The molecule has 0 heterocycles. The maximum atomic E-state index is 5.61. The minimum atomic E-state index is 0.372. The summed E-state index contributed by atoms with van der Waals surface area (Å²) in [7, 11) is 5.42. The van der Waals surface area contributed by atoms with Crippen molar-refractivity contribution < 1.29 is 9.47 Å². The molecule has 0 saturated carbocycles. The SMILES string of the molecule is COc1ccc(N(C)C(C)CCN)c(OC)c1C. The Morgan fingerprint density at radius 3 is 2.44 bits per heavy atom. The Hall–Kier alpha value is -1.42. The van der Waals surface area contributed by atoms with Crippen molar-refractivity contribution in [1.29, 1.82) is 0 Å². The maximum Gasteiger partial charge on any atom is 0.148 e. The van der Waals surface area contributed by atoms with Crippen molar-refractivity contribution in [3.63, 3.8) is 0 Å². The molecule has 0 aliphatic rings. The molecule has 0 saturated heterocycles. The molecule has 1 unspecified atom stereocenters. The van der Waals surface area contributed by atoms with E-state index in [1.807, 2.05) is 19.1 Å². The van der Waals surface area contributed by atoms with Crippen LogP contribution in [0.5, 0.6) is 11.5 Å². The Bertz CT molecular complexity index is 394. The molecule has 102 valence electrons. The summed E-state index contributed by atoms with van der Waals surface area (Å²) in [5.74, 6) is 1.70. The molecule has 0 amide bonds. The fourth-order valence-electron chi connectivity index (χ4n) is 2.09. The van der Waals surface area contributed by atoms with Crippen LogP contribution in [0.3, 0.4) is 0 Å². The van der Waals surface area contributed by atoms with Crippen molar-refractivity contribution in [2.24, 2.45) is 5.73 Å². The first kappa shape index (κ1) is 14.6. The van der Waals surface area contributed by atoms with Crippen molar-refractivity contribution in [2.45, 2.75) is 26.3 Å². The van der Waals surface area contributed by atoms with E-state index in [4.69, 9.17) is 15.2 Å². The van der Waals surface area contributed by atoms with Gasteiger partial charge < -0.3 is 20.1 Å². The molecular formula is C14H24N2O2. The van der Waals surface area contributed by atoms with Gasteiger partial charge in [-0.3, -0.25) is 0 Å². The van der Waals surface area contributed by atoms with Crippen LogP contribution in [0.4, 0.5) is 5.69 Å². The van der Waals surface area contributed by atoms with Gasteiger partial charge in [-0.1, -0.05) is 0 Å². The van der Waals surface area contributed by atoms with Crippen molar-refractivity contribution >= 4 is 5.69 Å². The van der Waals surface area contributed by atoms with Crippen molar-refractivity contribution in [3.8, 4) is 11.5 Å². The van der Waals surface area contributed by atoms with Crippen LogP contribution in [-0.2, 0) is 0 Å². The van der Waals surface area contributed by atoms with Crippen LogP contribution >= 0.6 is 0 Å². The smallest absolute Gasteiger partial charge is 0.148 e. The highest BCUT2D eigenvalue weighted by atomic mass is 16.5. The normalized spacial score (nSPS) is 12.1. The molecule has 0 radical (unpaired) electrons. The van der Waals surface area contributed by atoms with Crippen LogP contribution < -0.4 is 20.1 Å². The Morgan fingerprint density at radius 1 is 1.28 bits per heavy atom. The molecule has 0 aromatic heterocycles. The van der Waals surface area contributed by atoms with Crippen LogP contribution in [0.2, 0.25) is 0 Å². The number of hydrogen-bond donors (Lipinski definition) is 1. The second kappa shape index (κ2) is 6.50. The van der Waals surface area contributed by atoms with Gasteiger partial charge in [-0.05, 0) is 38.9 Å². The summed E-state index contributed by atoms with van der Waals surface area (Å²) in [6.07, 6.45) is 0.949. The summed E-state index contributed by atoms with van der Waals surface area (Å²) >= 11 is 0. The first-order chi connectivity index (χ1) is 8.56. The van der Waals surface area contributed by atoms with Crippen LogP contribution in [0.15, 0.2) is 12.1 Å². The number of benzene rings is 1. The molecule has 18 heavy (non-hydrogen) atoms. The molecule has 1 aromatic rings. The lowest BCUT2D eigenvalue weighted by Gasteiger charge is -2.29. The Kier molecular flexibility index (Phi) is 5.28. The van der Waals surface area contributed by atoms with Crippen molar-refractivity contribution in [3.05, 3.63) is 17.7 Å². The molecule has 4 heteroatoms. The van der Waals surface area contributed by atoms with E-state index < -0.39 is 0 Å². The van der Waals surface area contributed by atoms with Gasteiger partial charge in [0.05, 0.1) is 19.9 Å². The number of methoxy groups -OCH3 is 2. The second-order valence-corrected chi connectivity index (χ2v) is 4.48. The van der Waals surface area contributed by atoms with Crippen LogP contribution in [0.1, 0.15) is 18.9 Å². The van der Waals surface area contributed by atoms with E-state index in [1.165, 1.54) is 0 Å². The van der Waals surface area contributed by atoms with Gasteiger partial charge >= 0.3 is 0 Å². The molecule has 0 aliphatic carbocycles. The highest BCUT2D eigenvalue weighted by Crippen LogP contribution is 2.37. The van der Waals surface area contributed by atoms with E-state index in [9.17, 15) is 0 Å². The highest BCUT2D eigenvalue weighted by molar-refractivity contribution is 5.65. The Morgan fingerprint density at radius 2 is 1.94 bits per heavy atom. The number of rotatable bonds is 6. The molecule has 0 spiro atoms. The number of nitrogens with two attached hydrogens (primary N) is 1. The maximum absolute atomic E-state index is 5.61. The minimum absolute atomic E-state index is 0.372. The van der Waals surface area contributed by atoms with Crippen molar-refractivity contribution in [1.82, 2.24) is 0 Å². The fraction of sp³-hybridized carbons (Fsp3) is 0.571. The molecule has 1 rings (SSSR count). The van der Waals surface area contributed by atoms with E-state index in [0.29, 0.717) is 12.6 Å². The first-order valence-electron chi connectivity index (χ1n) is 6.21. The van der Waals surface area contributed by atoms with E-state index >= 15 is 0 Å². The van der Waals surface area contributed by atoms with Gasteiger partial charge in [-0.15, -0.1) is 0 Å². The summed E-state index contributed by atoms with van der Waals surface area (Å²) in [6.45, 7) is 4.84. The molecule has 1 aromatic carbocycles. The van der Waals surface area contributed by atoms with Gasteiger partial charge in [0.15, 0.2) is 0 Å². The average molecular weight is 252 g/mol. The molecular weight excluding hydrogens is 228 g/mol. The summed E-state index contributed by atoms with van der Waals surface area (Å²) in [5.41, 5.74) is 7.70. The topological polar surface area (TPSA) is 47.7 Å². The standard InChI is InChI=1S/C14H24N2O2/c1-10(8-9-15)16(3)12-6-7-13(17-4)11(2)14(12)18-5/h6-7,10H,8-9,15H2,1-5H3. The van der Waals surface area contributed by atoms with E-state index in [2.05, 4.69) is 18.9 Å². The number of ether oxygens (including phenoxy) is 2. The monoisotopic (exact) mass is 252 g/mol. The number of anilines is 1. The summed E-state index contributed by atoms with van der Waals surface area (Å²) < 4.78 is 10.8. The van der Waals surface area contributed by atoms with Crippen LogP contribution in [-0.4, -0.2) is 33.9 Å². The van der Waals surface area contributed by atoms with Gasteiger partial charge in [-0.25, -0.2) is 0 Å². The predicted octanol–water partition coefficient (Wildman–Crippen LogP) is 2.19. The van der Waals surface area contributed by atoms with Gasteiger partial charge in [0.25, 0.3) is 0 Å². The predicted molar refractivity (Wildman–Crippen MR) is 75.8 cm³/mol. The third-order valence-corrected chi connectivity index (χ3v) is 3.39. The fourth-order valence-corrected chi connectivity index (χ4v) is 2.09. The van der Waals surface area contributed by atoms with Crippen LogP contribution in [0.25, 0.3) is 0 Å². The second-order valence-electron chi connectivity index (χ2n) is 4.48. The third-order valence-electron chi connectivity index (χ3n) is 3.39. The Labute approximate surface area is 110 Å². The van der Waals surface area contributed by atoms with E-state index in [-0.39, 0.29) is 0 Å². The molecule has 2 N–H and O–H groups in total. The highest BCUT2D eigenvalue weighted by Gasteiger charge is 2.17. The third kappa shape index (κ3) is 2.88. The van der Waals surface area contributed by atoms with Gasteiger partial charge in [0, 0.05) is 18.7 Å². The molecule has 4 nitrogen and oxygen atoms in total. The number of nitrogens with zero attached hydrogens (tertiary/aromatic N) is 1. The zero-order chi connectivity index (χ0) is 13.7. The van der Waals surface area contributed by atoms with Crippen molar-refractivity contribution in [2.75, 3.05) is 32.7 Å². The Balaban J connectivity index is 3.12. The lowest BCUT2D eigenvalue weighted by atomic mass is 10.1. The lowest BCUT2D eigenvalue weighted by molar-refractivity contribution is 0.388. The zero-order valence-electron chi connectivity index (χ0n) is 12.0. The molecule has 0 bridgehead atoms. The largest absolute Gasteiger partial charge is 0.496 e. The van der Waals surface area contributed by atoms with E-state index in [1.54, 1.807) is 14.2 Å². The average Bonchev–Trinajstić information content (AvgIpc) is 2.37. The quantitative estimate of drug-likeness (QED) is 0.843. The van der Waals surface area contributed by atoms with Gasteiger partial charge in [-0.2, -0.15) is 0 Å².